The zero-order chi connectivity index (χ0) is 39.0. The van der Waals surface area contributed by atoms with Gasteiger partial charge in [-0.25, -0.2) is 0 Å². The lowest BCUT2D eigenvalue weighted by atomic mass is 9.70. The Balaban J connectivity index is 1.21. The number of likely N-dealkylation sites (tertiary alicyclic amines) is 1. The molecule has 1 spiro atoms. The first-order chi connectivity index (χ1) is 26.4. The van der Waals surface area contributed by atoms with Crippen LogP contribution in [0.1, 0.15) is 45.1 Å². The summed E-state index contributed by atoms with van der Waals surface area (Å²) in [5.41, 5.74) is 12.2. The van der Waals surface area contributed by atoms with E-state index in [1.807, 2.05) is 30.5 Å². The maximum absolute atomic E-state index is 13.7. The number of aliphatic hydroxyl groups is 1. The number of hydrogen-bond acceptors (Lipinski definition) is 13. The summed E-state index contributed by atoms with van der Waals surface area (Å²) in [5.74, 6) is 1.48. The molecular weight excluding hydrogens is 713 g/mol. The zero-order valence-electron chi connectivity index (χ0n) is 32.6. The van der Waals surface area contributed by atoms with Crippen LogP contribution in [0.25, 0.3) is 27.6 Å². The molecule has 15 heteroatoms. The average Bonchev–Trinajstić information content (AvgIpc) is 3.66. The predicted octanol–water partition coefficient (Wildman–Crippen LogP) is 6.10. The third-order valence-corrected chi connectivity index (χ3v) is 12.9. The SMILES string of the molecule is CN=CC(=CN)c1cc(Nc2nc(Nc3ccc4nccnc4c3P(C)(C)=O)c3cc[nH]c3n2)c(OC)cc1N1CCC2(CC1)CCN(C(C)(C)CO)CC2. The average molecular weight is 766 g/mol. The summed E-state index contributed by atoms with van der Waals surface area (Å²) in [5, 5.41) is 18.2. The first-order valence-electron chi connectivity index (χ1n) is 18.7. The number of nitrogens with two attached hydrogens (primary N) is 1. The van der Waals surface area contributed by atoms with E-state index in [4.69, 9.17) is 20.4 Å². The molecule has 7 rings (SSSR count). The summed E-state index contributed by atoms with van der Waals surface area (Å²) in [6.07, 6.45) is 12.8. The van der Waals surface area contributed by atoms with Gasteiger partial charge < -0.3 is 40.7 Å². The molecule has 2 aliphatic rings. The molecule has 3 aromatic heterocycles. The van der Waals surface area contributed by atoms with Crippen LogP contribution < -0.4 is 31.3 Å². The van der Waals surface area contributed by atoms with Crippen LogP contribution in [0.4, 0.5) is 28.8 Å². The van der Waals surface area contributed by atoms with Crippen LogP contribution in [0.2, 0.25) is 0 Å². The van der Waals surface area contributed by atoms with E-state index in [1.165, 1.54) is 0 Å². The Morgan fingerprint density at radius 2 is 1.78 bits per heavy atom. The molecule has 0 radical (unpaired) electrons. The molecule has 14 nitrogen and oxygen atoms in total. The van der Waals surface area contributed by atoms with Crippen LogP contribution >= 0.6 is 7.14 Å². The highest BCUT2D eigenvalue weighted by atomic mass is 31.2. The van der Waals surface area contributed by atoms with E-state index in [2.05, 4.69) is 60.3 Å². The van der Waals surface area contributed by atoms with E-state index in [0.717, 1.165) is 74.1 Å². The summed E-state index contributed by atoms with van der Waals surface area (Å²) in [6, 6.07) is 9.71. The lowest BCUT2D eigenvalue weighted by Gasteiger charge is -2.50. The third-order valence-electron chi connectivity index (χ3n) is 11.4. The van der Waals surface area contributed by atoms with Crippen molar-refractivity contribution in [2.45, 2.75) is 45.1 Å². The number of nitrogens with one attached hydrogen (secondary N) is 3. The summed E-state index contributed by atoms with van der Waals surface area (Å²) in [4.78, 5) is 31.1. The van der Waals surface area contributed by atoms with E-state index < -0.39 is 7.14 Å². The highest BCUT2D eigenvalue weighted by Gasteiger charge is 2.41. The minimum absolute atomic E-state index is 0.163. The summed E-state index contributed by atoms with van der Waals surface area (Å²) in [6.45, 7) is 11.7. The van der Waals surface area contributed by atoms with Crippen molar-refractivity contribution in [2.75, 3.05) is 75.8 Å². The Morgan fingerprint density at radius 3 is 2.45 bits per heavy atom. The second-order valence-electron chi connectivity index (χ2n) is 15.6. The fourth-order valence-corrected chi connectivity index (χ4v) is 9.48. The number of aliphatic imine (C=N–C) groups is 1. The van der Waals surface area contributed by atoms with E-state index in [0.29, 0.717) is 56.3 Å². The highest BCUT2D eigenvalue weighted by Crippen LogP contribution is 2.46. The Morgan fingerprint density at radius 1 is 1.05 bits per heavy atom. The second kappa shape index (κ2) is 15.2. The van der Waals surface area contributed by atoms with Gasteiger partial charge in [0.2, 0.25) is 5.95 Å². The topological polar surface area (TPSA) is 183 Å². The number of aliphatic hydroxyl groups excluding tert-OH is 1. The van der Waals surface area contributed by atoms with Gasteiger partial charge >= 0.3 is 0 Å². The van der Waals surface area contributed by atoms with E-state index >= 15 is 0 Å². The largest absolute Gasteiger partial charge is 0.494 e. The number of piperidine rings is 2. The molecule has 5 aromatic rings. The Bertz CT molecular complexity index is 2300. The van der Waals surface area contributed by atoms with Gasteiger partial charge in [-0.2, -0.15) is 9.97 Å². The smallest absolute Gasteiger partial charge is 0.231 e. The number of aromatic amines is 1. The fraction of sp³-hybridized carbons (Fsp3) is 0.425. The van der Waals surface area contributed by atoms with Crippen molar-refractivity contribution >= 4 is 75.1 Å². The van der Waals surface area contributed by atoms with Gasteiger partial charge in [0.25, 0.3) is 0 Å². The second-order valence-corrected chi connectivity index (χ2v) is 18.8. The standard InChI is InChI=1S/C40H52N11O3P/c1-39(2,25-52)51-19-12-40(13-20-51)10-17-50(18-11-40)32-22-33(54-4)31(21-28(32)26(23-41)24-42-3)47-38-48-36-27(9-14-45-36)37(49-38)46-30-8-7-29-34(44-16-15-43-29)35(30)55(5,6)53/h7-9,14-16,21-24,52H,10-13,17-20,25,41H2,1-6H3,(H3,45,46,47,48,49). The molecule has 5 heterocycles. The van der Waals surface area contributed by atoms with Gasteiger partial charge in [0.15, 0.2) is 0 Å². The number of methoxy groups -OCH3 is 1. The van der Waals surface area contributed by atoms with Crippen LogP contribution in [0, 0.1) is 5.41 Å². The molecule has 2 saturated heterocycles. The van der Waals surface area contributed by atoms with Gasteiger partial charge in [-0.05, 0) is 95.6 Å². The number of nitrogens with zero attached hydrogens (tertiary/aromatic N) is 7. The lowest BCUT2D eigenvalue weighted by Crippen LogP contribution is -2.54. The molecule has 2 aromatic carbocycles. The normalized spacial score (nSPS) is 17.1. The van der Waals surface area contributed by atoms with Gasteiger partial charge in [0.05, 0.1) is 41.3 Å². The molecule has 0 saturated carbocycles. The van der Waals surface area contributed by atoms with Crippen molar-refractivity contribution in [1.82, 2.24) is 29.8 Å². The van der Waals surface area contributed by atoms with Crippen molar-refractivity contribution in [3.63, 3.8) is 0 Å². The van der Waals surface area contributed by atoms with Gasteiger partial charge in [-0.15, -0.1) is 0 Å². The Kier molecular flexibility index (Phi) is 10.6. The Labute approximate surface area is 322 Å². The molecule has 2 fully saturated rings. The van der Waals surface area contributed by atoms with Crippen LogP contribution in [-0.2, 0) is 4.57 Å². The minimum atomic E-state index is -2.81. The molecule has 0 bridgehead atoms. The Hall–Kier alpha value is -5.04. The molecule has 0 amide bonds. The fourth-order valence-electron chi connectivity index (χ4n) is 8.09. The molecule has 0 aliphatic carbocycles. The molecule has 6 N–H and O–H groups in total. The molecule has 55 heavy (non-hydrogen) atoms. The number of anilines is 5. The number of rotatable bonds is 11. The number of benzene rings is 2. The minimum Gasteiger partial charge on any atom is -0.494 e. The maximum Gasteiger partial charge on any atom is 0.231 e. The maximum atomic E-state index is 13.7. The first-order valence-corrected chi connectivity index (χ1v) is 21.3. The van der Waals surface area contributed by atoms with Crippen molar-refractivity contribution < 1.29 is 14.4 Å². The monoisotopic (exact) mass is 765 g/mol. The number of allylic oxidation sites excluding steroid dienone is 1. The molecule has 290 valence electrons. The molecule has 0 unspecified atom stereocenters. The molecule has 2 aliphatic heterocycles. The number of ether oxygens (including phenoxy) is 1. The zero-order valence-corrected chi connectivity index (χ0v) is 33.5. The van der Waals surface area contributed by atoms with E-state index in [1.54, 1.807) is 52.3 Å². The van der Waals surface area contributed by atoms with Crippen LogP contribution in [0.15, 0.2) is 60.1 Å². The number of aromatic nitrogens is 5. The predicted molar refractivity (Wildman–Crippen MR) is 225 cm³/mol. The van der Waals surface area contributed by atoms with Crippen molar-refractivity contribution in [2.24, 2.45) is 16.1 Å². The number of fused-ring (bicyclic) bond motifs is 2. The van der Waals surface area contributed by atoms with E-state index in [-0.39, 0.29) is 12.1 Å². The summed E-state index contributed by atoms with van der Waals surface area (Å²) in [7, 11) is 0.581. The third kappa shape index (κ3) is 7.63. The first kappa shape index (κ1) is 38.2. The number of H-pyrrole nitrogens is 1. The van der Waals surface area contributed by atoms with Gasteiger partial charge in [-0.3, -0.25) is 19.9 Å². The van der Waals surface area contributed by atoms with Crippen molar-refractivity contribution in [3.05, 3.63) is 60.7 Å². The van der Waals surface area contributed by atoms with Crippen molar-refractivity contribution in [1.29, 1.82) is 0 Å². The number of hydrogen-bond donors (Lipinski definition) is 5. The highest BCUT2D eigenvalue weighted by molar-refractivity contribution is 7.71. The van der Waals surface area contributed by atoms with Crippen LogP contribution in [-0.4, -0.2) is 107 Å². The lowest BCUT2D eigenvalue weighted by molar-refractivity contribution is -0.00419. The van der Waals surface area contributed by atoms with E-state index in [9.17, 15) is 9.67 Å². The molecule has 0 atom stereocenters. The van der Waals surface area contributed by atoms with Gasteiger partial charge in [0, 0.05) is 79.6 Å². The van der Waals surface area contributed by atoms with Crippen molar-refractivity contribution in [3.8, 4) is 5.75 Å². The van der Waals surface area contributed by atoms with Gasteiger partial charge in [0.1, 0.15) is 29.9 Å². The summed E-state index contributed by atoms with van der Waals surface area (Å²) < 4.78 is 19.7. The van der Waals surface area contributed by atoms with Gasteiger partial charge in [-0.1, -0.05) is 0 Å². The molecular formula is C40H52N11O3P. The van der Waals surface area contributed by atoms with Crippen LogP contribution in [0.5, 0.6) is 5.75 Å². The quantitative estimate of drug-likeness (QED) is 0.0771. The summed E-state index contributed by atoms with van der Waals surface area (Å²) >= 11 is 0. The van der Waals surface area contributed by atoms with Crippen LogP contribution in [0.3, 0.4) is 0 Å².